The average molecular weight is 294 g/mol. The third kappa shape index (κ3) is 3.89. The second-order valence-electron chi connectivity index (χ2n) is 7.02. The number of ether oxygens (including phenoxy) is 1. The van der Waals surface area contributed by atoms with Gasteiger partial charge in [-0.15, -0.1) is 0 Å². The van der Waals surface area contributed by atoms with E-state index in [9.17, 15) is 0 Å². The first kappa shape index (κ1) is 15.1. The van der Waals surface area contributed by atoms with E-state index in [2.05, 4.69) is 29.0 Å². The van der Waals surface area contributed by atoms with Gasteiger partial charge in [0.25, 0.3) is 0 Å². The monoisotopic (exact) mass is 294 g/mol. The zero-order chi connectivity index (χ0) is 14.7. The quantitative estimate of drug-likeness (QED) is 0.624. The van der Waals surface area contributed by atoms with Gasteiger partial charge in [-0.1, -0.05) is 6.92 Å². The summed E-state index contributed by atoms with van der Waals surface area (Å²) in [5.41, 5.74) is 0.490. The minimum Gasteiger partial charge on any atom is -0.379 e. The van der Waals surface area contributed by atoms with Crippen molar-refractivity contribution in [2.45, 2.75) is 39.2 Å². The van der Waals surface area contributed by atoms with E-state index >= 15 is 0 Å². The fraction of sp³-hybridized carbons (Fsp3) is 0.938. The molecule has 5 heteroatoms. The van der Waals surface area contributed by atoms with Crippen LogP contribution in [0.4, 0.5) is 0 Å². The second-order valence-corrected chi connectivity index (χ2v) is 7.02. The van der Waals surface area contributed by atoms with E-state index in [0.29, 0.717) is 11.5 Å². The molecule has 2 heterocycles. The highest BCUT2D eigenvalue weighted by Gasteiger charge is 2.37. The molecule has 0 aromatic carbocycles. The van der Waals surface area contributed by atoms with Crippen molar-refractivity contribution in [2.24, 2.45) is 10.4 Å². The number of rotatable bonds is 4. The summed E-state index contributed by atoms with van der Waals surface area (Å²) in [6, 6.07) is 0.675. The minimum atomic E-state index is 0.490. The maximum Gasteiger partial charge on any atom is 0.193 e. The fourth-order valence-corrected chi connectivity index (χ4v) is 3.24. The smallest absolute Gasteiger partial charge is 0.193 e. The van der Waals surface area contributed by atoms with E-state index in [1.54, 1.807) is 0 Å². The van der Waals surface area contributed by atoms with Gasteiger partial charge in [0.15, 0.2) is 5.96 Å². The van der Waals surface area contributed by atoms with Crippen LogP contribution in [0.15, 0.2) is 4.99 Å². The normalized spacial score (nSPS) is 29.7. The van der Waals surface area contributed by atoms with Gasteiger partial charge in [-0.2, -0.15) is 0 Å². The first-order chi connectivity index (χ1) is 10.2. The van der Waals surface area contributed by atoms with Gasteiger partial charge in [0.1, 0.15) is 0 Å². The lowest BCUT2D eigenvalue weighted by atomic mass is 10.1. The molecule has 120 valence electrons. The molecular formula is C16H30N4O. The van der Waals surface area contributed by atoms with Crippen LogP contribution in [-0.2, 0) is 4.74 Å². The van der Waals surface area contributed by atoms with Crippen LogP contribution in [0.1, 0.15) is 33.1 Å². The van der Waals surface area contributed by atoms with Crippen LogP contribution in [0.2, 0.25) is 0 Å². The van der Waals surface area contributed by atoms with Gasteiger partial charge in [-0.3, -0.25) is 9.89 Å². The van der Waals surface area contributed by atoms with Gasteiger partial charge < -0.3 is 15.0 Å². The van der Waals surface area contributed by atoms with E-state index in [1.807, 2.05) is 0 Å². The third-order valence-electron chi connectivity index (χ3n) is 5.07. The molecule has 0 amide bonds. The molecule has 1 N–H and O–H groups in total. The lowest BCUT2D eigenvalue weighted by Crippen LogP contribution is -2.46. The fourth-order valence-electron chi connectivity index (χ4n) is 3.24. The lowest BCUT2D eigenvalue weighted by molar-refractivity contribution is 0.0195. The predicted octanol–water partition coefficient (Wildman–Crippen LogP) is 1.16. The van der Waals surface area contributed by atoms with E-state index in [0.717, 1.165) is 58.4 Å². The molecule has 0 spiro atoms. The van der Waals surface area contributed by atoms with Crippen LogP contribution in [0, 0.1) is 5.41 Å². The Labute approximate surface area is 128 Å². The Bertz CT molecular complexity index is 374. The molecular weight excluding hydrogens is 264 g/mol. The van der Waals surface area contributed by atoms with Gasteiger partial charge >= 0.3 is 0 Å². The number of morpholine rings is 1. The number of likely N-dealkylation sites (tertiary alicyclic amines) is 1. The van der Waals surface area contributed by atoms with Crippen molar-refractivity contribution in [1.82, 2.24) is 15.1 Å². The first-order valence-electron chi connectivity index (χ1n) is 8.55. The Morgan fingerprint density at radius 1 is 1.29 bits per heavy atom. The third-order valence-corrected chi connectivity index (χ3v) is 5.07. The molecule has 5 nitrogen and oxygen atoms in total. The van der Waals surface area contributed by atoms with Gasteiger partial charge in [0.2, 0.25) is 0 Å². The Hall–Kier alpha value is -0.810. The summed E-state index contributed by atoms with van der Waals surface area (Å²) < 4.78 is 5.46. The number of nitrogens with zero attached hydrogens (tertiary/aromatic N) is 3. The first-order valence-corrected chi connectivity index (χ1v) is 8.55. The molecule has 1 aliphatic carbocycles. The van der Waals surface area contributed by atoms with Gasteiger partial charge in [-0.05, 0) is 31.6 Å². The van der Waals surface area contributed by atoms with Gasteiger partial charge in [0, 0.05) is 45.3 Å². The second kappa shape index (κ2) is 6.53. The Morgan fingerprint density at radius 3 is 2.71 bits per heavy atom. The maximum absolute atomic E-state index is 5.46. The van der Waals surface area contributed by atoms with E-state index in [1.165, 1.54) is 19.3 Å². The number of hydrogen-bond acceptors (Lipinski definition) is 3. The molecule has 1 unspecified atom stereocenters. The molecule has 2 aliphatic heterocycles. The highest BCUT2D eigenvalue weighted by Crippen LogP contribution is 2.45. The van der Waals surface area contributed by atoms with Crippen LogP contribution < -0.4 is 5.32 Å². The topological polar surface area (TPSA) is 40.1 Å². The van der Waals surface area contributed by atoms with Crippen molar-refractivity contribution >= 4 is 5.96 Å². The number of guanidine groups is 1. The molecule has 3 rings (SSSR count). The summed E-state index contributed by atoms with van der Waals surface area (Å²) in [4.78, 5) is 9.94. The molecule has 0 bridgehead atoms. The van der Waals surface area contributed by atoms with Gasteiger partial charge in [-0.25, -0.2) is 0 Å². The highest BCUT2D eigenvalue weighted by molar-refractivity contribution is 5.80. The van der Waals surface area contributed by atoms with Crippen LogP contribution in [0.3, 0.4) is 0 Å². The number of hydrogen-bond donors (Lipinski definition) is 1. The average Bonchev–Trinajstić information content (AvgIpc) is 3.05. The predicted molar refractivity (Wildman–Crippen MR) is 85.7 cm³/mol. The molecule has 0 aromatic heterocycles. The van der Waals surface area contributed by atoms with Crippen molar-refractivity contribution in [1.29, 1.82) is 0 Å². The molecule has 0 aromatic rings. The summed E-state index contributed by atoms with van der Waals surface area (Å²) in [6.45, 7) is 12.6. The van der Waals surface area contributed by atoms with Gasteiger partial charge in [0.05, 0.1) is 13.2 Å². The molecule has 3 fully saturated rings. The standard InChI is InChI=1S/C16H30N4O/c1-3-17-15(18-13-16(2)5-6-16)20-7-4-14(12-20)19-8-10-21-11-9-19/h14H,3-13H2,1-2H3,(H,17,18). The molecule has 1 atom stereocenters. The van der Waals surface area contributed by atoms with Crippen LogP contribution in [0.5, 0.6) is 0 Å². The van der Waals surface area contributed by atoms with Crippen molar-refractivity contribution in [3.8, 4) is 0 Å². The summed E-state index contributed by atoms with van der Waals surface area (Å²) in [7, 11) is 0. The van der Waals surface area contributed by atoms with Crippen LogP contribution in [0.25, 0.3) is 0 Å². The molecule has 3 aliphatic rings. The van der Waals surface area contributed by atoms with E-state index in [-0.39, 0.29) is 0 Å². The van der Waals surface area contributed by atoms with Crippen molar-refractivity contribution in [2.75, 3.05) is 52.5 Å². The zero-order valence-electron chi connectivity index (χ0n) is 13.6. The summed E-state index contributed by atoms with van der Waals surface area (Å²) in [5.74, 6) is 1.13. The Kier molecular flexibility index (Phi) is 4.69. The lowest BCUT2D eigenvalue weighted by Gasteiger charge is -2.32. The summed E-state index contributed by atoms with van der Waals surface area (Å²) in [6.07, 6.45) is 3.93. The maximum atomic E-state index is 5.46. The summed E-state index contributed by atoms with van der Waals surface area (Å²) in [5, 5.41) is 3.48. The molecule has 0 radical (unpaired) electrons. The number of aliphatic imine (C=N–C) groups is 1. The SMILES string of the molecule is CCNC(=NCC1(C)CC1)N1CCC(N2CCOCC2)C1. The van der Waals surface area contributed by atoms with Crippen molar-refractivity contribution in [3.63, 3.8) is 0 Å². The zero-order valence-corrected chi connectivity index (χ0v) is 13.6. The van der Waals surface area contributed by atoms with Crippen LogP contribution >= 0.6 is 0 Å². The molecule has 21 heavy (non-hydrogen) atoms. The number of nitrogens with one attached hydrogen (secondary N) is 1. The minimum absolute atomic E-state index is 0.490. The Morgan fingerprint density at radius 2 is 2.05 bits per heavy atom. The van der Waals surface area contributed by atoms with Crippen molar-refractivity contribution < 1.29 is 4.74 Å². The highest BCUT2D eigenvalue weighted by atomic mass is 16.5. The van der Waals surface area contributed by atoms with E-state index < -0.39 is 0 Å². The summed E-state index contributed by atoms with van der Waals surface area (Å²) >= 11 is 0. The van der Waals surface area contributed by atoms with Crippen LogP contribution in [-0.4, -0.2) is 74.3 Å². The Balaban J connectivity index is 1.56. The molecule has 1 saturated carbocycles. The van der Waals surface area contributed by atoms with E-state index in [4.69, 9.17) is 9.73 Å². The van der Waals surface area contributed by atoms with Crippen molar-refractivity contribution in [3.05, 3.63) is 0 Å². The largest absolute Gasteiger partial charge is 0.379 e. The molecule has 2 saturated heterocycles.